The Bertz CT molecular complexity index is 1390. The van der Waals surface area contributed by atoms with Crippen molar-refractivity contribution in [3.63, 3.8) is 0 Å². The van der Waals surface area contributed by atoms with Gasteiger partial charge in [0.15, 0.2) is 0 Å². The van der Waals surface area contributed by atoms with Crippen molar-refractivity contribution >= 4 is 28.6 Å². The third kappa shape index (κ3) is 7.75. The topological polar surface area (TPSA) is 133 Å². The van der Waals surface area contributed by atoms with Gasteiger partial charge in [0.25, 0.3) is 0 Å². The number of nitrogens with one attached hydrogen (secondary N) is 2. The lowest BCUT2D eigenvalue weighted by molar-refractivity contribution is -0.174. The van der Waals surface area contributed by atoms with Crippen LogP contribution in [0.2, 0.25) is 0 Å². The molecule has 0 aromatic carbocycles. The monoisotopic (exact) mass is 575 g/mol. The summed E-state index contributed by atoms with van der Waals surface area (Å²) in [4.78, 5) is 42.7. The predicted molar refractivity (Wildman–Crippen MR) is 146 cm³/mol. The quantitative estimate of drug-likeness (QED) is 0.526. The number of aromatic nitrogens is 3. The molecule has 13 heteroatoms. The molecule has 3 rings (SSSR count). The number of likely N-dealkylation sites (tertiary alicyclic amines) is 1. The molecular formula is C28H36F3N7O3. The fraction of sp³-hybridized carbons (Fsp3) is 0.571. The van der Waals surface area contributed by atoms with E-state index in [4.69, 9.17) is 0 Å². The first-order valence-corrected chi connectivity index (χ1v) is 13.0. The molecule has 0 aliphatic carbocycles. The Morgan fingerprint density at radius 3 is 2.37 bits per heavy atom. The first-order valence-electron chi connectivity index (χ1n) is 13.0. The minimum absolute atomic E-state index is 0.0696. The van der Waals surface area contributed by atoms with Gasteiger partial charge in [-0.05, 0) is 30.1 Å². The summed E-state index contributed by atoms with van der Waals surface area (Å²) in [5.41, 5.74) is 0.791. The molecule has 3 atom stereocenters. The lowest BCUT2D eigenvalue weighted by atomic mass is 9.80. The van der Waals surface area contributed by atoms with E-state index in [1.165, 1.54) is 6.20 Å². The number of carbonyl (C=O) groups is 3. The summed E-state index contributed by atoms with van der Waals surface area (Å²) in [7, 11) is 1.69. The molecule has 2 aromatic rings. The zero-order valence-electron chi connectivity index (χ0n) is 24.5. The van der Waals surface area contributed by atoms with Crippen LogP contribution in [-0.2, 0) is 21.4 Å². The largest absolute Gasteiger partial charge is 0.471 e. The fourth-order valence-electron chi connectivity index (χ4n) is 4.40. The van der Waals surface area contributed by atoms with Gasteiger partial charge in [0.05, 0.1) is 24.3 Å². The van der Waals surface area contributed by atoms with Gasteiger partial charge >= 0.3 is 12.1 Å². The maximum atomic E-state index is 13.5. The molecule has 2 unspecified atom stereocenters. The molecule has 1 saturated heterocycles. The number of aryl methyl sites for hydroxylation is 1. The van der Waals surface area contributed by atoms with E-state index in [1.54, 1.807) is 37.1 Å². The van der Waals surface area contributed by atoms with Crippen molar-refractivity contribution in [1.29, 1.82) is 5.26 Å². The van der Waals surface area contributed by atoms with Gasteiger partial charge < -0.3 is 15.5 Å². The lowest BCUT2D eigenvalue weighted by Gasteiger charge is -2.27. The number of nitrogens with zero attached hydrogens (tertiary/aromatic N) is 5. The number of rotatable bonds is 5. The first kappa shape index (κ1) is 33.1. The molecule has 0 spiro atoms. The lowest BCUT2D eigenvalue weighted by Crippen LogP contribution is -2.52. The van der Waals surface area contributed by atoms with Gasteiger partial charge in [-0.2, -0.15) is 23.5 Å². The van der Waals surface area contributed by atoms with Crippen molar-refractivity contribution in [2.24, 2.45) is 24.3 Å². The second kappa shape index (κ2) is 13.0. The van der Waals surface area contributed by atoms with Crippen LogP contribution in [-0.4, -0.2) is 62.7 Å². The Morgan fingerprint density at radius 2 is 1.83 bits per heavy atom. The Balaban J connectivity index is 0.00000138. The molecule has 1 aliphatic rings. The van der Waals surface area contributed by atoms with Crippen molar-refractivity contribution in [2.75, 3.05) is 13.1 Å². The number of carbonyl (C=O) groups excluding carboxylic acids is 3. The van der Waals surface area contributed by atoms with Crippen LogP contribution in [0.25, 0.3) is 10.9 Å². The van der Waals surface area contributed by atoms with Gasteiger partial charge in [-0.15, -0.1) is 0 Å². The minimum atomic E-state index is -5.14. The Kier molecular flexibility index (Phi) is 10.5. The van der Waals surface area contributed by atoms with E-state index >= 15 is 0 Å². The van der Waals surface area contributed by atoms with E-state index in [0.29, 0.717) is 22.2 Å². The molecule has 3 amide bonds. The van der Waals surface area contributed by atoms with Crippen molar-refractivity contribution in [1.82, 2.24) is 30.3 Å². The van der Waals surface area contributed by atoms with Crippen LogP contribution in [0.4, 0.5) is 13.2 Å². The zero-order chi connectivity index (χ0) is 31.3. The normalized spacial score (nSPS) is 18.5. The SMILES string of the molecule is CC#Cc1nn(C)c2cncc(C(C#N)NC(=O)C3[C@H](C)C(C)(C)CN3C(=O)CNC(=O)C(F)(F)F)c12.CC(C)C. The first-order chi connectivity index (χ1) is 19.0. The van der Waals surface area contributed by atoms with Gasteiger partial charge in [-0.25, -0.2) is 0 Å². The van der Waals surface area contributed by atoms with Crippen LogP contribution < -0.4 is 10.6 Å². The van der Waals surface area contributed by atoms with Crippen molar-refractivity contribution < 1.29 is 27.6 Å². The van der Waals surface area contributed by atoms with Crippen molar-refractivity contribution in [3.8, 4) is 17.9 Å². The average molecular weight is 576 g/mol. The van der Waals surface area contributed by atoms with E-state index in [0.717, 1.165) is 10.8 Å². The predicted octanol–water partition coefficient (Wildman–Crippen LogP) is 3.23. The van der Waals surface area contributed by atoms with Crippen LogP contribution in [0.15, 0.2) is 12.4 Å². The highest BCUT2D eigenvalue weighted by atomic mass is 19.4. The van der Waals surface area contributed by atoms with Gasteiger partial charge in [0.1, 0.15) is 17.8 Å². The number of amides is 3. The average Bonchev–Trinajstić information content (AvgIpc) is 3.32. The Labute approximate surface area is 237 Å². The fourth-order valence-corrected chi connectivity index (χ4v) is 4.40. The number of hydrogen-bond acceptors (Lipinski definition) is 6. The summed E-state index contributed by atoms with van der Waals surface area (Å²) in [5, 5.41) is 19.0. The molecule has 3 heterocycles. The number of pyridine rings is 1. The van der Waals surface area contributed by atoms with Gasteiger partial charge in [-0.3, -0.25) is 24.0 Å². The molecule has 0 radical (unpaired) electrons. The van der Waals surface area contributed by atoms with Crippen LogP contribution in [0.5, 0.6) is 0 Å². The molecule has 41 heavy (non-hydrogen) atoms. The summed E-state index contributed by atoms with van der Waals surface area (Å²) < 4.78 is 39.2. The van der Waals surface area contributed by atoms with Crippen LogP contribution in [0.3, 0.4) is 0 Å². The van der Waals surface area contributed by atoms with Crippen LogP contribution >= 0.6 is 0 Å². The zero-order valence-corrected chi connectivity index (χ0v) is 24.5. The second-order valence-corrected chi connectivity index (χ2v) is 11.2. The van der Waals surface area contributed by atoms with Crippen molar-refractivity contribution in [2.45, 2.75) is 66.7 Å². The van der Waals surface area contributed by atoms with E-state index < -0.39 is 53.9 Å². The Hall–Kier alpha value is -4.13. The second-order valence-electron chi connectivity index (χ2n) is 11.2. The maximum Gasteiger partial charge on any atom is 0.471 e. The standard InChI is InChI=1S/C24H26F3N7O3.C4H10/c1-6-7-15-19-14(9-29-10-17(19)33(5)32-15)16(8-28)31-21(36)20-13(2)23(3,4)12-34(20)18(35)11-30-22(37)24(25,26)27;1-4(2)3/h9-10,13,16,20H,11-12H2,1-5H3,(H,30,37)(H,31,36);4H,1-3H3/t13-,16?,20?;/m0./s1. The van der Waals surface area contributed by atoms with E-state index in [1.807, 2.05) is 19.9 Å². The molecule has 0 bridgehead atoms. The molecule has 222 valence electrons. The van der Waals surface area contributed by atoms with E-state index in [9.17, 15) is 32.8 Å². The smallest absolute Gasteiger partial charge is 0.339 e. The summed E-state index contributed by atoms with van der Waals surface area (Å²) in [6.07, 6.45) is -2.16. The summed E-state index contributed by atoms with van der Waals surface area (Å²) in [6.45, 7) is 12.7. The molecule has 0 saturated carbocycles. The number of fused-ring (bicyclic) bond motifs is 1. The van der Waals surface area contributed by atoms with Crippen LogP contribution in [0, 0.1) is 40.4 Å². The highest BCUT2D eigenvalue weighted by molar-refractivity contribution is 5.93. The van der Waals surface area contributed by atoms with Crippen LogP contribution in [0.1, 0.15) is 65.8 Å². The number of alkyl halides is 3. The summed E-state index contributed by atoms with van der Waals surface area (Å²) in [5.74, 6) is 2.29. The highest BCUT2D eigenvalue weighted by Gasteiger charge is 2.50. The maximum absolute atomic E-state index is 13.5. The molecule has 1 aliphatic heterocycles. The molecule has 2 aromatic heterocycles. The Morgan fingerprint density at radius 1 is 1.22 bits per heavy atom. The van der Waals surface area contributed by atoms with Gasteiger partial charge in [0, 0.05) is 30.7 Å². The van der Waals surface area contributed by atoms with Gasteiger partial charge in [-0.1, -0.05) is 47.5 Å². The molecular weight excluding hydrogens is 539 g/mol. The third-order valence-corrected chi connectivity index (χ3v) is 6.63. The van der Waals surface area contributed by atoms with Gasteiger partial charge in [0.2, 0.25) is 11.8 Å². The minimum Gasteiger partial charge on any atom is -0.339 e. The third-order valence-electron chi connectivity index (χ3n) is 6.63. The highest BCUT2D eigenvalue weighted by Crippen LogP contribution is 2.40. The molecule has 2 N–H and O–H groups in total. The number of nitriles is 1. The molecule has 10 nitrogen and oxygen atoms in total. The van der Waals surface area contributed by atoms with E-state index in [2.05, 4.69) is 48.0 Å². The molecule has 1 fully saturated rings. The summed E-state index contributed by atoms with van der Waals surface area (Å²) >= 11 is 0. The number of halogens is 3. The number of hydrogen-bond donors (Lipinski definition) is 2. The van der Waals surface area contributed by atoms with E-state index in [-0.39, 0.29) is 6.54 Å². The summed E-state index contributed by atoms with van der Waals surface area (Å²) in [6, 6.07) is -0.227. The van der Waals surface area contributed by atoms with Crippen molar-refractivity contribution in [3.05, 3.63) is 23.7 Å².